The predicted octanol–water partition coefficient (Wildman–Crippen LogP) is 2.75. The van der Waals surface area contributed by atoms with Crippen LogP contribution in [-0.2, 0) is 0 Å². The van der Waals surface area contributed by atoms with Gasteiger partial charge in [0.1, 0.15) is 18.0 Å². The second-order valence-corrected chi connectivity index (χ2v) is 4.48. The number of halogens is 2. The molecule has 0 amide bonds. The molecule has 0 fully saturated rings. The van der Waals surface area contributed by atoms with E-state index in [1.165, 1.54) is 31.7 Å². The van der Waals surface area contributed by atoms with Gasteiger partial charge < -0.3 is 0 Å². The summed E-state index contributed by atoms with van der Waals surface area (Å²) in [4.78, 5) is 24.1. The van der Waals surface area contributed by atoms with E-state index in [-0.39, 0.29) is 5.56 Å². The third-order valence-electron chi connectivity index (χ3n) is 3.21. The summed E-state index contributed by atoms with van der Waals surface area (Å²) in [7, 11) is 0. The number of carbonyl (C=O) groups excluding carboxylic acids is 1. The normalized spacial score (nSPS) is 16.2. The molecule has 2 heterocycles. The van der Waals surface area contributed by atoms with Crippen LogP contribution >= 0.6 is 0 Å². The van der Waals surface area contributed by atoms with Crippen molar-refractivity contribution in [1.29, 1.82) is 0 Å². The molecule has 100 valence electrons. The third kappa shape index (κ3) is 1.80. The number of ketones is 1. The molecule has 1 unspecified atom stereocenters. The Morgan fingerprint density at radius 3 is 2.90 bits per heavy atom. The SMILES string of the molecule is Cc1ccc(F)c(C(=O)C2C=Nc3ncncc32)c1F. The second kappa shape index (κ2) is 4.56. The Morgan fingerprint density at radius 2 is 2.10 bits per heavy atom. The van der Waals surface area contributed by atoms with Crippen molar-refractivity contribution >= 4 is 17.8 Å². The Hall–Kier alpha value is -2.50. The van der Waals surface area contributed by atoms with Gasteiger partial charge in [0.15, 0.2) is 11.6 Å². The van der Waals surface area contributed by atoms with Gasteiger partial charge in [-0.15, -0.1) is 0 Å². The monoisotopic (exact) mass is 273 g/mol. The lowest BCUT2D eigenvalue weighted by atomic mass is 9.92. The van der Waals surface area contributed by atoms with Crippen molar-refractivity contribution in [3.63, 3.8) is 0 Å². The number of aromatic nitrogens is 2. The van der Waals surface area contributed by atoms with Crippen LogP contribution in [0.3, 0.4) is 0 Å². The number of aryl methyl sites for hydroxylation is 1. The largest absolute Gasteiger partial charge is 0.293 e. The van der Waals surface area contributed by atoms with Crippen molar-refractivity contribution < 1.29 is 13.6 Å². The molecule has 0 aliphatic carbocycles. The summed E-state index contributed by atoms with van der Waals surface area (Å²) in [6, 6.07) is 2.38. The molecule has 1 aliphatic rings. The molecule has 6 heteroatoms. The van der Waals surface area contributed by atoms with Gasteiger partial charge in [-0.25, -0.2) is 23.7 Å². The van der Waals surface area contributed by atoms with Gasteiger partial charge in [0, 0.05) is 18.0 Å². The fraction of sp³-hybridized carbons (Fsp3) is 0.143. The smallest absolute Gasteiger partial charge is 0.181 e. The van der Waals surface area contributed by atoms with E-state index in [2.05, 4.69) is 15.0 Å². The lowest BCUT2D eigenvalue weighted by molar-refractivity contribution is 0.0976. The zero-order valence-electron chi connectivity index (χ0n) is 10.5. The minimum Gasteiger partial charge on any atom is -0.293 e. The van der Waals surface area contributed by atoms with Gasteiger partial charge in [0.2, 0.25) is 0 Å². The lowest BCUT2D eigenvalue weighted by Crippen LogP contribution is -2.16. The number of rotatable bonds is 2. The van der Waals surface area contributed by atoms with Gasteiger partial charge in [-0.2, -0.15) is 0 Å². The first-order valence-electron chi connectivity index (χ1n) is 5.92. The third-order valence-corrected chi connectivity index (χ3v) is 3.21. The maximum absolute atomic E-state index is 14.0. The molecule has 0 radical (unpaired) electrons. The van der Waals surface area contributed by atoms with Crippen LogP contribution in [0.5, 0.6) is 0 Å². The number of benzene rings is 1. The van der Waals surface area contributed by atoms with E-state index in [0.717, 1.165) is 6.07 Å². The number of hydrogen-bond acceptors (Lipinski definition) is 4. The maximum atomic E-state index is 14.0. The number of hydrogen-bond donors (Lipinski definition) is 0. The molecule has 20 heavy (non-hydrogen) atoms. The van der Waals surface area contributed by atoms with Crippen LogP contribution in [0.1, 0.15) is 27.4 Å². The average molecular weight is 273 g/mol. The molecule has 0 spiro atoms. The van der Waals surface area contributed by atoms with E-state index in [4.69, 9.17) is 0 Å². The minimum atomic E-state index is -0.878. The quantitative estimate of drug-likeness (QED) is 0.790. The lowest BCUT2D eigenvalue weighted by Gasteiger charge is -2.10. The van der Waals surface area contributed by atoms with Gasteiger partial charge in [-0.3, -0.25) is 4.79 Å². The van der Waals surface area contributed by atoms with E-state index in [9.17, 15) is 13.6 Å². The van der Waals surface area contributed by atoms with Gasteiger partial charge in [-0.1, -0.05) is 6.07 Å². The first kappa shape index (κ1) is 12.5. The summed E-state index contributed by atoms with van der Waals surface area (Å²) in [5.74, 6) is -2.89. The predicted molar refractivity (Wildman–Crippen MR) is 68.4 cm³/mol. The average Bonchev–Trinajstić information content (AvgIpc) is 2.87. The molecule has 0 saturated heterocycles. The highest BCUT2D eigenvalue weighted by Crippen LogP contribution is 2.32. The van der Waals surface area contributed by atoms with Crippen LogP contribution < -0.4 is 0 Å². The van der Waals surface area contributed by atoms with Gasteiger partial charge in [-0.05, 0) is 18.6 Å². The van der Waals surface area contributed by atoms with Crippen LogP contribution in [0.25, 0.3) is 0 Å². The highest BCUT2D eigenvalue weighted by molar-refractivity contribution is 6.13. The van der Waals surface area contributed by atoms with Gasteiger partial charge in [0.05, 0.1) is 11.5 Å². The molecule has 0 saturated carbocycles. The van der Waals surface area contributed by atoms with Crippen molar-refractivity contribution in [2.75, 3.05) is 0 Å². The van der Waals surface area contributed by atoms with Gasteiger partial charge >= 0.3 is 0 Å². The fourth-order valence-electron chi connectivity index (χ4n) is 2.13. The van der Waals surface area contributed by atoms with Crippen molar-refractivity contribution in [2.24, 2.45) is 4.99 Å². The first-order chi connectivity index (χ1) is 9.59. The molecule has 2 aromatic rings. The van der Waals surface area contributed by atoms with E-state index >= 15 is 0 Å². The molecule has 1 atom stereocenters. The Kier molecular flexibility index (Phi) is 2.85. The molecule has 1 aliphatic heterocycles. The van der Waals surface area contributed by atoms with E-state index < -0.39 is 28.9 Å². The molecular weight excluding hydrogens is 264 g/mol. The van der Waals surface area contributed by atoms with Crippen molar-refractivity contribution in [3.05, 3.63) is 53.0 Å². The number of carbonyl (C=O) groups is 1. The Labute approximate surface area is 113 Å². The number of nitrogens with zero attached hydrogens (tertiary/aromatic N) is 3. The summed E-state index contributed by atoms with van der Waals surface area (Å²) in [5, 5.41) is 0. The van der Waals surface area contributed by atoms with Crippen molar-refractivity contribution in [2.45, 2.75) is 12.8 Å². The van der Waals surface area contributed by atoms with E-state index in [0.29, 0.717) is 11.4 Å². The van der Waals surface area contributed by atoms with Crippen molar-refractivity contribution in [3.8, 4) is 0 Å². The van der Waals surface area contributed by atoms with Crippen LogP contribution in [0.4, 0.5) is 14.6 Å². The molecule has 3 rings (SSSR count). The Balaban J connectivity index is 2.08. The molecule has 1 aromatic carbocycles. The Morgan fingerprint density at radius 1 is 1.30 bits per heavy atom. The van der Waals surface area contributed by atoms with Crippen LogP contribution in [0.2, 0.25) is 0 Å². The van der Waals surface area contributed by atoms with E-state index in [1.54, 1.807) is 0 Å². The highest BCUT2D eigenvalue weighted by Gasteiger charge is 2.31. The molecule has 0 bridgehead atoms. The van der Waals surface area contributed by atoms with Crippen LogP contribution in [0, 0.1) is 18.6 Å². The highest BCUT2D eigenvalue weighted by atomic mass is 19.1. The van der Waals surface area contributed by atoms with Crippen LogP contribution in [-0.4, -0.2) is 22.0 Å². The summed E-state index contributed by atoms with van der Waals surface area (Å²) < 4.78 is 27.8. The maximum Gasteiger partial charge on any atom is 0.181 e. The molecule has 1 aromatic heterocycles. The summed E-state index contributed by atoms with van der Waals surface area (Å²) in [6.45, 7) is 1.48. The number of fused-ring (bicyclic) bond motifs is 1. The number of Topliss-reactive ketones (excluding diaryl/α,β-unsaturated/α-hetero) is 1. The standard InChI is InChI=1S/C14H9F2N3O/c1-7-2-3-10(15)11(12(7)16)13(20)8-5-18-14-9(8)4-17-6-19-14/h2-6,8H,1H3. The van der Waals surface area contributed by atoms with E-state index in [1.807, 2.05) is 0 Å². The first-order valence-corrected chi connectivity index (χ1v) is 5.92. The zero-order chi connectivity index (χ0) is 14.3. The molecule has 4 nitrogen and oxygen atoms in total. The fourth-order valence-corrected chi connectivity index (χ4v) is 2.13. The van der Waals surface area contributed by atoms with Crippen LogP contribution in [0.15, 0.2) is 29.6 Å². The molecular formula is C14H9F2N3O. The summed E-state index contributed by atoms with van der Waals surface area (Å²) in [5.41, 5.74) is 0.130. The topological polar surface area (TPSA) is 55.2 Å². The summed E-state index contributed by atoms with van der Waals surface area (Å²) >= 11 is 0. The zero-order valence-corrected chi connectivity index (χ0v) is 10.5. The van der Waals surface area contributed by atoms with Gasteiger partial charge in [0.25, 0.3) is 0 Å². The molecule has 0 N–H and O–H groups in total. The summed E-state index contributed by atoms with van der Waals surface area (Å²) in [6.07, 6.45) is 4.07. The Bertz CT molecular complexity index is 743. The number of aliphatic imine (C=N–C) groups is 1. The van der Waals surface area contributed by atoms with Crippen molar-refractivity contribution in [1.82, 2.24) is 9.97 Å². The second-order valence-electron chi connectivity index (χ2n) is 4.48. The minimum absolute atomic E-state index is 0.217.